The van der Waals surface area contributed by atoms with Gasteiger partial charge in [0, 0.05) is 19.2 Å². The number of hydrogen-bond acceptors (Lipinski definition) is 4. The summed E-state index contributed by atoms with van der Waals surface area (Å²) in [5.74, 6) is 0.00665. The summed E-state index contributed by atoms with van der Waals surface area (Å²) < 4.78 is 10.5. The van der Waals surface area contributed by atoms with Crippen LogP contribution in [0.25, 0.3) is 0 Å². The fourth-order valence-electron chi connectivity index (χ4n) is 2.22. The first-order valence-corrected chi connectivity index (χ1v) is 7.39. The van der Waals surface area contributed by atoms with E-state index in [-0.39, 0.29) is 12.5 Å². The maximum absolute atomic E-state index is 12.6. The molecule has 0 aliphatic rings. The first kappa shape index (κ1) is 17.3. The van der Waals surface area contributed by atoms with Crippen LogP contribution in [0.3, 0.4) is 0 Å². The number of ether oxygens (including phenoxy) is 2. The van der Waals surface area contributed by atoms with E-state index in [0.717, 1.165) is 5.56 Å². The Bertz CT molecular complexity index is 716. The van der Waals surface area contributed by atoms with Gasteiger partial charge in [-0.25, -0.2) is 0 Å². The van der Waals surface area contributed by atoms with Crippen LogP contribution < -0.4 is 15.2 Å². The fourth-order valence-corrected chi connectivity index (χ4v) is 2.22. The van der Waals surface area contributed by atoms with Gasteiger partial charge in [-0.05, 0) is 23.8 Å². The van der Waals surface area contributed by atoms with Crippen molar-refractivity contribution in [2.75, 3.05) is 20.8 Å². The van der Waals surface area contributed by atoms with Gasteiger partial charge in [0.15, 0.2) is 18.1 Å². The van der Waals surface area contributed by atoms with E-state index in [1.54, 1.807) is 30.1 Å². The smallest absolute Gasteiger partial charge is 0.255 e. The van der Waals surface area contributed by atoms with E-state index in [4.69, 9.17) is 15.2 Å². The highest BCUT2D eigenvalue weighted by molar-refractivity contribution is 5.94. The van der Waals surface area contributed by atoms with Crippen LogP contribution in [-0.2, 0) is 11.3 Å². The van der Waals surface area contributed by atoms with Crippen LogP contribution in [0, 0.1) is 0 Å². The van der Waals surface area contributed by atoms with Crippen molar-refractivity contribution < 1.29 is 19.1 Å². The second-order valence-electron chi connectivity index (χ2n) is 5.27. The zero-order valence-corrected chi connectivity index (χ0v) is 13.7. The molecule has 0 spiro atoms. The molecule has 0 bridgehead atoms. The zero-order chi connectivity index (χ0) is 17.5. The van der Waals surface area contributed by atoms with Gasteiger partial charge in [-0.3, -0.25) is 9.59 Å². The number of nitrogens with zero attached hydrogens (tertiary/aromatic N) is 1. The molecule has 0 atom stereocenters. The largest absolute Gasteiger partial charge is 0.493 e. The van der Waals surface area contributed by atoms with Crippen molar-refractivity contribution in [2.45, 2.75) is 6.54 Å². The van der Waals surface area contributed by atoms with Gasteiger partial charge in [0.2, 0.25) is 0 Å². The molecule has 0 aliphatic heterocycles. The molecular weight excluding hydrogens is 308 g/mol. The number of carbonyl (C=O) groups is 2. The van der Waals surface area contributed by atoms with E-state index >= 15 is 0 Å². The van der Waals surface area contributed by atoms with Gasteiger partial charge in [-0.2, -0.15) is 0 Å². The number of primary amides is 1. The van der Waals surface area contributed by atoms with E-state index in [2.05, 4.69) is 0 Å². The SMILES string of the molecule is COc1cc(C(=O)N(C)Cc2ccccc2)ccc1OCC(N)=O. The molecule has 0 saturated carbocycles. The quantitative estimate of drug-likeness (QED) is 0.841. The number of hydrogen-bond donors (Lipinski definition) is 1. The van der Waals surface area contributed by atoms with Gasteiger partial charge in [0.25, 0.3) is 11.8 Å². The zero-order valence-electron chi connectivity index (χ0n) is 13.7. The molecule has 0 saturated heterocycles. The number of methoxy groups -OCH3 is 1. The van der Waals surface area contributed by atoms with Crippen LogP contribution in [0.1, 0.15) is 15.9 Å². The third-order valence-electron chi connectivity index (χ3n) is 3.39. The highest BCUT2D eigenvalue weighted by Gasteiger charge is 2.15. The van der Waals surface area contributed by atoms with E-state index in [1.807, 2.05) is 30.3 Å². The molecule has 0 fully saturated rings. The minimum atomic E-state index is -0.584. The second kappa shape index (κ2) is 8.01. The summed E-state index contributed by atoms with van der Waals surface area (Å²) in [6.07, 6.45) is 0. The molecule has 0 heterocycles. The molecule has 126 valence electrons. The van der Waals surface area contributed by atoms with Crippen LogP contribution in [-0.4, -0.2) is 37.5 Å². The summed E-state index contributed by atoms with van der Waals surface area (Å²) in [4.78, 5) is 25.0. The van der Waals surface area contributed by atoms with Gasteiger partial charge in [0.1, 0.15) is 0 Å². The summed E-state index contributed by atoms with van der Waals surface area (Å²) in [5, 5.41) is 0. The lowest BCUT2D eigenvalue weighted by Crippen LogP contribution is -2.26. The van der Waals surface area contributed by atoms with E-state index in [0.29, 0.717) is 23.6 Å². The van der Waals surface area contributed by atoms with Crippen molar-refractivity contribution in [3.05, 3.63) is 59.7 Å². The number of carbonyl (C=O) groups excluding carboxylic acids is 2. The Kier molecular flexibility index (Phi) is 5.78. The first-order valence-electron chi connectivity index (χ1n) is 7.39. The third-order valence-corrected chi connectivity index (χ3v) is 3.39. The Hall–Kier alpha value is -3.02. The molecule has 6 heteroatoms. The van der Waals surface area contributed by atoms with Crippen molar-refractivity contribution in [1.82, 2.24) is 4.90 Å². The Morgan fingerprint density at radius 1 is 1.08 bits per heavy atom. The molecule has 24 heavy (non-hydrogen) atoms. The van der Waals surface area contributed by atoms with Gasteiger partial charge in [0.05, 0.1) is 7.11 Å². The van der Waals surface area contributed by atoms with Crippen LogP contribution >= 0.6 is 0 Å². The number of benzene rings is 2. The predicted molar refractivity (Wildman–Crippen MR) is 89.9 cm³/mol. The monoisotopic (exact) mass is 328 g/mol. The van der Waals surface area contributed by atoms with Crippen LogP contribution in [0.2, 0.25) is 0 Å². The van der Waals surface area contributed by atoms with Crippen LogP contribution in [0.15, 0.2) is 48.5 Å². The molecule has 0 unspecified atom stereocenters. The molecular formula is C18H20N2O4. The first-order chi connectivity index (χ1) is 11.5. The summed E-state index contributed by atoms with van der Waals surface area (Å²) in [6.45, 7) is 0.249. The molecule has 0 aromatic heterocycles. The highest BCUT2D eigenvalue weighted by Crippen LogP contribution is 2.28. The topological polar surface area (TPSA) is 81.9 Å². The van der Waals surface area contributed by atoms with E-state index in [9.17, 15) is 9.59 Å². The predicted octanol–water partition coefficient (Wildman–Crippen LogP) is 1.83. The molecule has 2 aromatic rings. The van der Waals surface area contributed by atoms with Crippen molar-refractivity contribution in [2.24, 2.45) is 5.73 Å². The maximum Gasteiger partial charge on any atom is 0.255 e. The van der Waals surface area contributed by atoms with Gasteiger partial charge in [-0.15, -0.1) is 0 Å². The van der Waals surface area contributed by atoms with Gasteiger partial charge >= 0.3 is 0 Å². The Morgan fingerprint density at radius 3 is 2.42 bits per heavy atom. The molecule has 2 aromatic carbocycles. The lowest BCUT2D eigenvalue weighted by Gasteiger charge is -2.18. The standard InChI is InChI=1S/C18H20N2O4/c1-20(11-13-6-4-3-5-7-13)18(22)14-8-9-15(16(10-14)23-2)24-12-17(19)21/h3-10H,11-12H2,1-2H3,(H2,19,21). The normalized spacial score (nSPS) is 10.1. The summed E-state index contributed by atoms with van der Waals surface area (Å²) >= 11 is 0. The highest BCUT2D eigenvalue weighted by atomic mass is 16.5. The fraction of sp³-hybridized carbons (Fsp3) is 0.222. The molecule has 2 rings (SSSR count). The average molecular weight is 328 g/mol. The molecule has 6 nitrogen and oxygen atoms in total. The lowest BCUT2D eigenvalue weighted by atomic mass is 10.1. The maximum atomic E-state index is 12.6. The van der Waals surface area contributed by atoms with Gasteiger partial charge < -0.3 is 20.1 Å². The molecule has 2 amide bonds. The number of nitrogens with two attached hydrogens (primary N) is 1. The molecule has 0 aliphatic carbocycles. The van der Waals surface area contributed by atoms with Crippen LogP contribution in [0.4, 0.5) is 0 Å². The minimum absolute atomic E-state index is 0.140. The summed E-state index contributed by atoms with van der Waals surface area (Å²) in [7, 11) is 3.20. The van der Waals surface area contributed by atoms with Crippen molar-refractivity contribution in [3.8, 4) is 11.5 Å². The Morgan fingerprint density at radius 2 is 1.79 bits per heavy atom. The summed E-state index contributed by atoms with van der Waals surface area (Å²) in [5.41, 5.74) is 6.57. The van der Waals surface area contributed by atoms with Crippen molar-refractivity contribution in [3.63, 3.8) is 0 Å². The molecule has 2 N–H and O–H groups in total. The average Bonchev–Trinajstić information content (AvgIpc) is 2.59. The van der Waals surface area contributed by atoms with E-state index < -0.39 is 5.91 Å². The summed E-state index contributed by atoms with van der Waals surface area (Å²) in [6, 6.07) is 14.5. The lowest BCUT2D eigenvalue weighted by molar-refractivity contribution is -0.119. The number of amides is 2. The van der Waals surface area contributed by atoms with E-state index in [1.165, 1.54) is 7.11 Å². The van der Waals surface area contributed by atoms with Crippen molar-refractivity contribution in [1.29, 1.82) is 0 Å². The molecule has 0 radical (unpaired) electrons. The Balaban J connectivity index is 2.12. The van der Waals surface area contributed by atoms with Crippen LogP contribution in [0.5, 0.6) is 11.5 Å². The number of rotatable bonds is 7. The van der Waals surface area contributed by atoms with Gasteiger partial charge in [-0.1, -0.05) is 30.3 Å². The minimum Gasteiger partial charge on any atom is -0.493 e. The van der Waals surface area contributed by atoms with Crippen molar-refractivity contribution >= 4 is 11.8 Å². The third kappa shape index (κ3) is 4.49. The second-order valence-corrected chi connectivity index (χ2v) is 5.27. The Labute approximate surface area is 140 Å².